The van der Waals surface area contributed by atoms with E-state index in [1.54, 1.807) is 18.0 Å². The molecule has 1 N–H and O–H groups in total. The Kier molecular flexibility index (Phi) is 6.08. The van der Waals surface area contributed by atoms with E-state index >= 15 is 0 Å². The molecule has 4 heteroatoms. The summed E-state index contributed by atoms with van der Waals surface area (Å²) in [6.07, 6.45) is 1.78. The molecule has 3 nitrogen and oxygen atoms in total. The Labute approximate surface area is 166 Å². The van der Waals surface area contributed by atoms with Crippen molar-refractivity contribution in [2.24, 2.45) is 0 Å². The van der Waals surface area contributed by atoms with Crippen LogP contribution < -0.4 is 0 Å². The third kappa shape index (κ3) is 5.02. The molecule has 0 bridgehead atoms. The molecule has 0 amide bonds. The van der Waals surface area contributed by atoms with Crippen LogP contribution in [0, 0.1) is 6.92 Å². The first kappa shape index (κ1) is 19.7. The van der Waals surface area contributed by atoms with E-state index in [2.05, 4.69) is 85.8 Å². The highest BCUT2D eigenvalue weighted by molar-refractivity contribution is 7.98. The number of imidazole rings is 1. The zero-order valence-corrected chi connectivity index (χ0v) is 17.4. The summed E-state index contributed by atoms with van der Waals surface area (Å²) in [5.74, 6) is 0.861. The zero-order valence-electron chi connectivity index (χ0n) is 16.6. The van der Waals surface area contributed by atoms with Crippen LogP contribution in [0.1, 0.15) is 48.7 Å². The lowest BCUT2D eigenvalue weighted by atomic mass is 9.87. The lowest BCUT2D eigenvalue weighted by Gasteiger charge is -2.19. The molecule has 0 aliphatic carbocycles. The fourth-order valence-electron chi connectivity index (χ4n) is 3.04. The second-order valence-corrected chi connectivity index (χ2v) is 8.94. The van der Waals surface area contributed by atoms with Crippen molar-refractivity contribution in [1.82, 2.24) is 9.55 Å². The molecular formula is C23H28N2OS. The number of aryl methyl sites for hydroxylation is 1. The van der Waals surface area contributed by atoms with Crippen LogP contribution in [0.2, 0.25) is 0 Å². The van der Waals surface area contributed by atoms with Gasteiger partial charge in [0, 0.05) is 12.3 Å². The molecule has 0 atom stereocenters. The molecule has 142 valence electrons. The number of hydrogen-bond donors (Lipinski definition) is 1. The Morgan fingerprint density at radius 2 is 1.78 bits per heavy atom. The second kappa shape index (κ2) is 8.32. The molecule has 0 aliphatic rings. The van der Waals surface area contributed by atoms with E-state index in [0.717, 1.165) is 23.1 Å². The average molecular weight is 381 g/mol. The highest BCUT2D eigenvalue weighted by atomic mass is 32.2. The summed E-state index contributed by atoms with van der Waals surface area (Å²) < 4.78 is 2.11. The Morgan fingerprint density at radius 1 is 1.04 bits per heavy atom. The first-order valence-electron chi connectivity index (χ1n) is 9.30. The topological polar surface area (TPSA) is 38.0 Å². The number of thioether (sulfide) groups is 1. The highest BCUT2D eigenvalue weighted by Crippen LogP contribution is 2.27. The summed E-state index contributed by atoms with van der Waals surface area (Å²) in [7, 11) is 0. The fraction of sp³-hybridized carbons (Fsp3) is 0.348. The van der Waals surface area contributed by atoms with Crippen LogP contribution in [0.25, 0.3) is 0 Å². The Morgan fingerprint density at radius 3 is 2.41 bits per heavy atom. The fourth-order valence-corrected chi connectivity index (χ4v) is 4.00. The van der Waals surface area contributed by atoms with Gasteiger partial charge in [-0.3, -0.25) is 0 Å². The lowest BCUT2D eigenvalue weighted by molar-refractivity contribution is 0.270. The lowest BCUT2D eigenvalue weighted by Crippen LogP contribution is -2.10. The molecule has 0 fully saturated rings. The zero-order chi connectivity index (χ0) is 19.4. The van der Waals surface area contributed by atoms with Crippen molar-refractivity contribution in [3.05, 3.63) is 82.7 Å². The van der Waals surface area contributed by atoms with Crippen LogP contribution in [0.4, 0.5) is 0 Å². The van der Waals surface area contributed by atoms with Crippen LogP contribution in [0.3, 0.4) is 0 Å². The summed E-state index contributed by atoms with van der Waals surface area (Å²) >= 11 is 1.71. The maximum atomic E-state index is 9.69. The standard InChI is InChI=1S/C23H28N2OS/c1-17-6-5-7-19(12-17)14-25-21(15-26)13-24-22(25)27-16-18-8-10-20(11-9-18)23(2,3)4/h5-13,26H,14-16H2,1-4H3. The maximum absolute atomic E-state index is 9.69. The van der Waals surface area contributed by atoms with E-state index in [1.807, 2.05) is 0 Å². The van der Waals surface area contributed by atoms with Gasteiger partial charge in [0.15, 0.2) is 5.16 Å². The van der Waals surface area contributed by atoms with Gasteiger partial charge in [-0.05, 0) is 29.0 Å². The second-order valence-electron chi connectivity index (χ2n) is 8.00. The van der Waals surface area contributed by atoms with E-state index in [9.17, 15) is 5.11 Å². The maximum Gasteiger partial charge on any atom is 0.168 e. The summed E-state index contributed by atoms with van der Waals surface area (Å²) in [6, 6.07) is 17.3. The number of benzene rings is 2. The summed E-state index contributed by atoms with van der Waals surface area (Å²) in [5.41, 5.74) is 6.11. The van der Waals surface area contributed by atoms with Crippen molar-refractivity contribution in [2.45, 2.75) is 57.2 Å². The van der Waals surface area contributed by atoms with Crippen molar-refractivity contribution in [3.8, 4) is 0 Å². The van der Waals surface area contributed by atoms with Crippen molar-refractivity contribution in [2.75, 3.05) is 0 Å². The largest absolute Gasteiger partial charge is 0.390 e. The quantitative estimate of drug-likeness (QED) is 0.588. The predicted octanol–water partition coefficient (Wildman–Crippen LogP) is 5.32. The smallest absolute Gasteiger partial charge is 0.168 e. The first-order valence-corrected chi connectivity index (χ1v) is 10.3. The van der Waals surface area contributed by atoms with E-state index in [4.69, 9.17) is 0 Å². The minimum atomic E-state index is -0.000342. The van der Waals surface area contributed by atoms with Crippen LogP contribution in [0.5, 0.6) is 0 Å². The Balaban J connectivity index is 1.74. The van der Waals surface area contributed by atoms with Gasteiger partial charge in [0.2, 0.25) is 0 Å². The van der Waals surface area contributed by atoms with Crippen molar-refractivity contribution >= 4 is 11.8 Å². The minimum Gasteiger partial charge on any atom is -0.390 e. The molecule has 1 aromatic heterocycles. The van der Waals surface area contributed by atoms with Gasteiger partial charge in [-0.25, -0.2) is 4.98 Å². The summed E-state index contributed by atoms with van der Waals surface area (Å²) in [4.78, 5) is 4.54. The molecule has 2 aromatic carbocycles. The third-order valence-corrected chi connectivity index (χ3v) is 5.74. The van der Waals surface area contributed by atoms with E-state index in [0.29, 0.717) is 0 Å². The van der Waals surface area contributed by atoms with Gasteiger partial charge in [-0.15, -0.1) is 0 Å². The van der Waals surface area contributed by atoms with Gasteiger partial charge in [-0.1, -0.05) is 86.6 Å². The monoisotopic (exact) mass is 380 g/mol. The SMILES string of the molecule is Cc1cccc(Cn2c(CO)cnc2SCc2ccc(C(C)(C)C)cc2)c1. The normalized spacial score (nSPS) is 11.7. The molecule has 3 rings (SSSR count). The summed E-state index contributed by atoms with van der Waals surface area (Å²) in [6.45, 7) is 9.52. The minimum absolute atomic E-state index is 0.000342. The Hall–Kier alpha value is -2.04. The highest BCUT2D eigenvalue weighted by Gasteiger charge is 2.14. The van der Waals surface area contributed by atoms with Gasteiger partial charge < -0.3 is 9.67 Å². The van der Waals surface area contributed by atoms with E-state index in [1.165, 1.54) is 22.3 Å². The number of hydrogen-bond acceptors (Lipinski definition) is 3. The van der Waals surface area contributed by atoms with Gasteiger partial charge in [0.25, 0.3) is 0 Å². The number of aromatic nitrogens is 2. The number of rotatable bonds is 6. The van der Waals surface area contributed by atoms with Crippen molar-refractivity contribution in [3.63, 3.8) is 0 Å². The van der Waals surface area contributed by atoms with Gasteiger partial charge in [0.05, 0.1) is 18.5 Å². The number of nitrogens with zero attached hydrogens (tertiary/aromatic N) is 2. The van der Waals surface area contributed by atoms with E-state index < -0.39 is 0 Å². The van der Waals surface area contributed by atoms with Gasteiger partial charge in [-0.2, -0.15) is 0 Å². The number of aliphatic hydroxyl groups excluding tert-OH is 1. The van der Waals surface area contributed by atoms with Crippen LogP contribution in [-0.2, 0) is 24.3 Å². The van der Waals surface area contributed by atoms with Crippen LogP contribution in [-0.4, -0.2) is 14.7 Å². The molecule has 3 aromatic rings. The number of aliphatic hydroxyl groups is 1. The third-order valence-electron chi connectivity index (χ3n) is 4.67. The average Bonchev–Trinajstić information content (AvgIpc) is 3.01. The molecule has 0 saturated carbocycles. The molecule has 0 aliphatic heterocycles. The molecular weight excluding hydrogens is 352 g/mol. The molecule has 0 radical (unpaired) electrons. The van der Waals surface area contributed by atoms with Crippen LogP contribution >= 0.6 is 11.8 Å². The molecule has 0 saturated heterocycles. The molecule has 27 heavy (non-hydrogen) atoms. The molecule has 0 spiro atoms. The summed E-state index contributed by atoms with van der Waals surface area (Å²) in [5, 5.41) is 10.6. The van der Waals surface area contributed by atoms with Crippen molar-refractivity contribution in [1.29, 1.82) is 0 Å². The van der Waals surface area contributed by atoms with Crippen molar-refractivity contribution < 1.29 is 5.11 Å². The first-order chi connectivity index (χ1) is 12.9. The van der Waals surface area contributed by atoms with Gasteiger partial charge >= 0.3 is 0 Å². The predicted molar refractivity (Wildman–Crippen MR) is 113 cm³/mol. The van der Waals surface area contributed by atoms with E-state index in [-0.39, 0.29) is 12.0 Å². The molecule has 1 heterocycles. The molecule has 0 unspecified atom stereocenters. The van der Waals surface area contributed by atoms with Gasteiger partial charge in [0.1, 0.15) is 0 Å². The van der Waals surface area contributed by atoms with Crippen LogP contribution in [0.15, 0.2) is 59.9 Å². The Bertz CT molecular complexity index is 891.